The number of hydrogen-bond acceptors (Lipinski definition) is 3. The van der Waals surface area contributed by atoms with Crippen molar-refractivity contribution in [3.05, 3.63) is 23.7 Å². The van der Waals surface area contributed by atoms with E-state index in [2.05, 4.69) is 27.9 Å². The van der Waals surface area contributed by atoms with Crippen LogP contribution in [-0.4, -0.2) is 38.0 Å². The van der Waals surface area contributed by atoms with Gasteiger partial charge in [0.1, 0.15) is 0 Å². The van der Waals surface area contributed by atoms with Gasteiger partial charge in [0.25, 0.3) is 5.91 Å². The van der Waals surface area contributed by atoms with Gasteiger partial charge in [-0.15, -0.1) is 0 Å². The number of amides is 1. The average Bonchev–Trinajstić information content (AvgIpc) is 3.29. The number of nitrogens with zero attached hydrogens (tertiary/aromatic N) is 1. The monoisotopic (exact) mass is 362 g/mol. The van der Waals surface area contributed by atoms with Crippen LogP contribution in [0.1, 0.15) is 68.0 Å². The van der Waals surface area contributed by atoms with Gasteiger partial charge in [-0.2, -0.15) is 0 Å². The molecule has 0 aromatic carbocycles. The van der Waals surface area contributed by atoms with Crippen molar-refractivity contribution in [3.8, 4) is 0 Å². The summed E-state index contributed by atoms with van der Waals surface area (Å²) in [4.78, 5) is 16.5. The fraction of sp³-hybridized carbons (Fsp3) is 0.700. The first-order valence-electron chi connectivity index (χ1n) is 10.0. The number of rotatable bonds is 10. The van der Waals surface area contributed by atoms with Gasteiger partial charge in [0.05, 0.1) is 6.26 Å². The van der Waals surface area contributed by atoms with E-state index in [4.69, 9.17) is 4.42 Å². The molecule has 26 heavy (non-hydrogen) atoms. The third-order valence-electron chi connectivity index (χ3n) is 4.86. The van der Waals surface area contributed by atoms with Crippen LogP contribution in [0, 0.1) is 12.8 Å². The van der Waals surface area contributed by atoms with E-state index in [9.17, 15) is 4.79 Å². The Morgan fingerprint density at radius 1 is 1.19 bits per heavy atom. The summed E-state index contributed by atoms with van der Waals surface area (Å²) in [5, 5.41) is 9.56. The highest BCUT2D eigenvalue weighted by molar-refractivity contribution is 5.92. The summed E-state index contributed by atoms with van der Waals surface area (Å²) >= 11 is 0. The molecule has 1 aromatic heterocycles. The summed E-state index contributed by atoms with van der Waals surface area (Å²) in [5.41, 5.74) is 0.858. The van der Waals surface area contributed by atoms with Crippen molar-refractivity contribution in [2.24, 2.45) is 10.9 Å². The van der Waals surface area contributed by atoms with Gasteiger partial charge in [-0.25, -0.2) is 0 Å². The van der Waals surface area contributed by atoms with Crippen molar-refractivity contribution in [3.63, 3.8) is 0 Å². The molecular weight excluding hydrogens is 328 g/mol. The molecule has 1 heterocycles. The molecule has 6 heteroatoms. The summed E-state index contributed by atoms with van der Waals surface area (Å²) < 4.78 is 5.19. The maximum absolute atomic E-state index is 11.9. The number of nitrogens with one attached hydrogen (secondary N) is 3. The van der Waals surface area contributed by atoms with Gasteiger partial charge in [0.2, 0.25) is 0 Å². The molecule has 146 valence electrons. The second-order valence-electron chi connectivity index (χ2n) is 7.02. The SMILES string of the molecule is CCNC(=NCCCNC(=O)c1occc1C)NCCCC1CCCC1. The molecule has 2 rings (SSSR count). The minimum absolute atomic E-state index is 0.159. The molecule has 0 unspecified atom stereocenters. The molecule has 1 amide bonds. The molecule has 0 atom stereocenters. The molecule has 1 fully saturated rings. The Kier molecular flexibility index (Phi) is 9.07. The second-order valence-corrected chi connectivity index (χ2v) is 7.02. The van der Waals surface area contributed by atoms with E-state index in [1.165, 1.54) is 44.8 Å². The highest BCUT2D eigenvalue weighted by Gasteiger charge is 2.14. The summed E-state index contributed by atoms with van der Waals surface area (Å²) in [7, 11) is 0. The maximum atomic E-state index is 11.9. The van der Waals surface area contributed by atoms with Crippen LogP contribution in [-0.2, 0) is 0 Å². The lowest BCUT2D eigenvalue weighted by Gasteiger charge is -2.13. The van der Waals surface area contributed by atoms with Crippen molar-refractivity contribution in [2.45, 2.75) is 58.8 Å². The zero-order chi connectivity index (χ0) is 18.6. The van der Waals surface area contributed by atoms with Gasteiger partial charge in [0, 0.05) is 31.7 Å². The first-order valence-corrected chi connectivity index (χ1v) is 10.0. The number of aryl methyl sites for hydroxylation is 1. The normalized spacial score (nSPS) is 15.2. The first kappa shape index (κ1) is 20.3. The van der Waals surface area contributed by atoms with Crippen LogP contribution in [0.25, 0.3) is 0 Å². The highest BCUT2D eigenvalue weighted by Crippen LogP contribution is 2.28. The molecule has 1 saturated carbocycles. The highest BCUT2D eigenvalue weighted by atomic mass is 16.3. The van der Waals surface area contributed by atoms with Gasteiger partial charge in [-0.1, -0.05) is 25.7 Å². The Morgan fingerprint density at radius 3 is 2.65 bits per heavy atom. The van der Waals surface area contributed by atoms with E-state index < -0.39 is 0 Å². The third kappa shape index (κ3) is 7.10. The Hall–Kier alpha value is -1.98. The number of furan rings is 1. The summed E-state index contributed by atoms with van der Waals surface area (Å²) in [6.07, 6.45) is 10.5. The first-order chi connectivity index (χ1) is 12.7. The number of aliphatic imine (C=N–C) groups is 1. The molecule has 0 saturated heterocycles. The van der Waals surface area contributed by atoms with Gasteiger partial charge >= 0.3 is 0 Å². The van der Waals surface area contributed by atoms with Crippen LogP contribution in [0.15, 0.2) is 21.7 Å². The molecule has 3 N–H and O–H groups in total. The van der Waals surface area contributed by atoms with Gasteiger partial charge in [0.15, 0.2) is 11.7 Å². The topological polar surface area (TPSA) is 78.7 Å². The molecule has 0 bridgehead atoms. The largest absolute Gasteiger partial charge is 0.459 e. The summed E-state index contributed by atoms with van der Waals surface area (Å²) in [6, 6.07) is 1.79. The maximum Gasteiger partial charge on any atom is 0.287 e. The Labute approximate surface area is 157 Å². The standard InChI is InChI=1S/C20H34N4O2/c1-3-21-20(23-12-6-10-17-8-4-5-9-17)24-14-7-13-22-19(25)18-16(2)11-15-26-18/h11,15,17H,3-10,12-14H2,1-2H3,(H,22,25)(H2,21,23,24). The molecule has 0 spiro atoms. The minimum atomic E-state index is -0.159. The van der Waals surface area contributed by atoms with Crippen molar-refractivity contribution < 1.29 is 9.21 Å². The van der Waals surface area contributed by atoms with E-state index in [1.807, 2.05) is 6.92 Å². The van der Waals surface area contributed by atoms with Crippen molar-refractivity contribution in [2.75, 3.05) is 26.2 Å². The number of carbonyl (C=O) groups is 1. The Balaban J connectivity index is 1.59. The fourth-order valence-electron chi connectivity index (χ4n) is 3.40. The molecular formula is C20H34N4O2. The van der Waals surface area contributed by atoms with Crippen LogP contribution in [0.4, 0.5) is 0 Å². The lowest BCUT2D eigenvalue weighted by molar-refractivity contribution is 0.0925. The Bertz CT molecular complexity index is 562. The predicted molar refractivity (Wildman–Crippen MR) is 106 cm³/mol. The second kappa shape index (κ2) is 11.6. The predicted octanol–water partition coefficient (Wildman–Crippen LogP) is 3.23. The van der Waals surface area contributed by atoms with Crippen LogP contribution in [0.2, 0.25) is 0 Å². The van der Waals surface area contributed by atoms with Crippen molar-refractivity contribution >= 4 is 11.9 Å². The lowest BCUT2D eigenvalue weighted by atomic mass is 10.0. The molecule has 0 aliphatic heterocycles. The van der Waals surface area contributed by atoms with E-state index >= 15 is 0 Å². The number of carbonyl (C=O) groups excluding carboxylic acids is 1. The summed E-state index contributed by atoms with van der Waals surface area (Å²) in [6.45, 7) is 7.02. The molecule has 1 aliphatic carbocycles. The van der Waals surface area contributed by atoms with Gasteiger partial charge < -0.3 is 20.4 Å². The third-order valence-corrected chi connectivity index (χ3v) is 4.86. The summed E-state index contributed by atoms with van der Waals surface area (Å²) in [5.74, 6) is 2.05. The van der Waals surface area contributed by atoms with E-state index in [0.29, 0.717) is 18.8 Å². The lowest BCUT2D eigenvalue weighted by Crippen LogP contribution is -2.38. The Morgan fingerprint density at radius 2 is 1.96 bits per heavy atom. The average molecular weight is 363 g/mol. The van der Waals surface area contributed by atoms with Crippen molar-refractivity contribution in [1.29, 1.82) is 0 Å². The van der Waals surface area contributed by atoms with Crippen molar-refractivity contribution in [1.82, 2.24) is 16.0 Å². The van der Waals surface area contributed by atoms with E-state index in [0.717, 1.165) is 37.0 Å². The van der Waals surface area contributed by atoms with Crippen LogP contribution in [0.3, 0.4) is 0 Å². The van der Waals surface area contributed by atoms with Crippen LogP contribution >= 0.6 is 0 Å². The van der Waals surface area contributed by atoms with E-state index in [1.54, 1.807) is 6.07 Å². The van der Waals surface area contributed by atoms with Crippen LogP contribution in [0.5, 0.6) is 0 Å². The molecule has 1 aromatic rings. The molecule has 1 aliphatic rings. The van der Waals surface area contributed by atoms with Gasteiger partial charge in [-0.3, -0.25) is 9.79 Å². The molecule has 0 radical (unpaired) electrons. The zero-order valence-electron chi connectivity index (χ0n) is 16.3. The van der Waals surface area contributed by atoms with Gasteiger partial charge in [-0.05, 0) is 45.1 Å². The quantitative estimate of drug-likeness (QED) is 0.339. The minimum Gasteiger partial charge on any atom is -0.459 e. The fourth-order valence-corrected chi connectivity index (χ4v) is 3.40. The molecule has 6 nitrogen and oxygen atoms in total. The smallest absolute Gasteiger partial charge is 0.287 e. The van der Waals surface area contributed by atoms with E-state index in [-0.39, 0.29) is 5.91 Å². The number of hydrogen-bond donors (Lipinski definition) is 3. The number of guanidine groups is 1. The zero-order valence-corrected chi connectivity index (χ0v) is 16.3. The van der Waals surface area contributed by atoms with Crippen LogP contribution < -0.4 is 16.0 Å².